The van der Waals surface area contributed by atoms with E-state index in [-0.39, 0.29) is 0 Å². The molecule has 3 aromatic heterocycles. The lowest BCUT2D eigenvalue weighted by Gasteiger charge is -2.32. The van der Waals surface area contributed by atoms with Crippen LogP contribution in [0, 0.1) is 0 Å². The van der Waals surface area contributed by atoms with E-state index in [0.29, 0.717) is 5.92 Å². The molecule has 1 atom stereocenters. The zero-order valence-electron chi connectivity index (χ0n) is 14.8. The van der Waals surface area contributed by atoms with Gasteiger partial charge in [-0.05, 0) is 25.5 Å². The second kappa shape index (κ2) is 6.80. The fraction of sp³-hybridized carbons (Fsp3) is 0.421. The molecular weight excluding hydrogens is 312 g/mol. The van der Waals surface area contributed by atoms with Crippen LogP contribution < -0.4 is 0 Å². The summed E-state index contributed by atoms with van der Waals surface area (Å²) in [5.74, 6) is 0.508. The van der Waals surface area contributed by atoms with E-state index >= 15 is 0 Å². The minimum Gasteiger partial charge on any atom is -0.298 e. The van der Waals surface area contributed by atoms with Crippen LogP contribution in [0.5, 0.6) is 0 Å². The monoisotopic (exact) mass is 336 g/mol. The average molecular weight is 336 g/mol. The quantitative estimate of drug-likeness (QED) is 0.735. The lowest BCUT2D eigenvalue weighted by Crippen LogP contribution is -2.34. The highest BCUT2D eigenvalue weighted by Crippen LogP contribution is 2.28. The zero-order valence-corrected chi connectivity index (χ0v) is 14.8. The largest absolute Gasteiger partial charge is 0.298 e. The first-order valence-electron chi connectivity index (χ1n) is 8.82. The Labute approximate surface area is 148 Å². The summed E-state index contributed by atoms with van der Waals surface area (Å²) >= 11 is 0. The Morgan fingerprint density at radius 1 is 1.00 bits per heavy atom. The summed E-state index contributed by atoms with van der Waals surface area (Å²) in [4.78, 5) is 7.27. The molecule has 1 aliphatic rings. The molecule has 0 aliphatic carbocycles. The number of pyridine rings is 1. The predicted molar refractivity (Wildman–Crippen MR) is 96.9 cm³/mol. The molecule has 1 fully saturated rings. The van der Waals surface area contributed by atoms with Gasteiger partial charge in [0.25, 0.3) is 0 Å². The van der Waals surface area contributed by atoms with Gasteiger partial charge in [-0.25, -0.2) is 0 Å². The lowest BCUT2D eigenvalue weighted by atomic mass is 9.93. The van der Waals surface area contributed by atoms with E-state index in [1.165, 1.54) is 24.1 Å². The van der Waals surface area contributed by atoms with E-state index in [0.717, 1.165) is 30.8 Å². The van der Waals surface area contributed by atoms with Crippen LogP contribution in [-0.4, -0.2) is 42.5 Å². The molecule has 0 radical (unpaired) electrons. The van der Waals surface area contributed by atoms with Crippen LogP contribution >= 0.6 is 0 Å². The Bertz CT molecular complexity index is 832. The van der Waals surface area contributed by atoms with Crippen molar-refractivity contribution < 1.29 is 0 Å². The van der Waals surface area contributed by atoms with Gasteiger partial charge in [-0.1, -0.05) is 6.07 Å². The van der Waals surface area contributed by atoms with Crippen molar-refractivity contribution >= 4 is 0 Å². The summed E-state index contributed by atoms with van der Waals surface area (Å²) in [6.45, 7) is 3.19. The van der Waals surface area contributed by atoms with Crippen LogP contribution in [0.2, 0.25) is 0 Å². The van der Waals surface area contributed by atoms with Gasteiger partial charge in [-0.15, -0.1) is 0 Å². The van der Waals surface area contributed by atoms with E-state index in [9.17, 15) is 0 Å². The van der Waals surface area contributed by atoms with Crippen molar-refractivity contribution in [3.63, 3.8) is 0 Å². The van der Waals surface area contributed by atoms with E-state index in [4.69, 9.17) is 4.98 Å². The van der Waals surface area contributed by atoms with Gasteiger partial charge in [0, 0.05) is 74.1 Å². The van der Waals surface area contributed by atoms with E-state index < -0.39 is 0 Å². The van der Waals surface area contributed by atoms with Gasteiger partial charge in [0.05, 0.1) is 12.4 Å². The molecule has 0 N–H and O–H groups in total. The van der Waals surface area contributed by atoms with Gasteiger partial charge >= 0.3 is 0 Å². The molecule has 1 saturated heterocycles. The molecule has 0 bridgehead atoms. The van der Waals surface area contributed by atoms with Gasteiger partial charge in [-0.3, -0.25) is 19.2 Å². The minimum absolute atomic E-state index is 0.508. The first-order chi connectivity index (χ1) is 12.2. The molecular formula is C19H24N6. The van der Waals surface area contributed by atoms with E-state index in [1.54, 1.807) is 0 Å². The van der Waals surface area contributed by atoms with Gasteiger partial charge in [0.2, 0.25) is 0 Å². The smallest absolute Gasteiger partial charge is 0.0568 e. The topological polar surface area (TPSA) is 51.8 Å². The van der Waals surface area contributed by atoms with Crippen molar-refractivity contribution in [1.29, 1.82) is 0 Å². The third kappa shape index (κ3) is 3.64. The fourth-order valence-corrected chi connectivity index (χ4v) is 3.64. The highest BCUT2D eigenvalue weighted by Gasteiger charge is 2.22. The number of piperidine rings is 1. The first-order valence-corrected chi connectivity index (χ1v) is 8.82. The molecule has 130 valence electrons. The van der Waals surface area contributed by atoms with E-state index in [1.807, 2.05) is 48.2 Å². The molecule has 6 heteroatoms. The number of aromatic nitrogens is 5. The summed E-state index contributed by atoms with van der Waals surface area (Å²) in [5.41, 5.74) is 4.72. The zero-order chi connectivity index (χ0) is 17.2. The Morgan fingerprint density at radius 2 is 1.84 bits per heavy atom. The highest BCUT2D eigenvalue weighted by molar-refractivity contribution is 5.60. The standard InChI is InChI=1S/C19H24N6/c1-23-11-15(8-21-23)12-25-7-3-4-17(14-25)19-6-5-16(9-20-19)18-10-22-24(2)13-18/h5-6,8-11,13,17H,3-4,7,12,14H2,1-2H3. The van der Waals surface area contributed by atoms with Crippen molar-refractivity contribution in [3.8, 4) is 11.1 Å². The van der Waals surface area contributed by atoms with Crippen molar-refractivity contribution in [1.82, 2.24) is 29.4 Å². The van der Waals surface area contributed by atoms with Gasteiger partial charge in [0.1, 0.15) is 0 Å². The molecule has 25 heavy (non-hydrogen) atoms. The molecule has 0 aromatic carbocycles. The van der Waals surface area contributed by atoms with Crippen LogP contribution in [-0.2, 0) is 20.6 Å². The summed E-state index contributed by atoms with van der Waals surface area (Å²) in [5, 5.41) is 8.50. The SMILES string of the molecule is Cn1cc(CN2CCCC(c3ccc(-c4cnn(C)c4)cn3)C2)cn1. The second-order valence-corrected chi connectivity index (χ2v) is 6.97. The normalized spacial score (nSPS) is 18.6. The number of nitrogens with zero attached hydrogens (tertiary/aromatic N) is 6. The maximum Gasteiger partial charge on any atom is 0.0568 e. The summed E-state index contributed by atoms with van der Waals surface area (Å²) in [6, 6.07) is 4.35. The van der Waals surface area contributed by atoms with Crippen LogP contribution in [0.3, 0.4) is 0 Å². The molecule has 6 nitrogen and oxygen atoms in total. The van der Waals surface area contributed by atoms with Crippen molar-refractivity contribution in [2.45, 2.75) is 25.3 Å². The summed E-state index contributed by atoms with van der Waals surface area (Å²) in [7, 11) is 3.90. The fourth-order valence-electron chi connectivity index (χ4n) is 3.64. The van der Waals surface area contributed by atoms with Crippen LogP contribution in [0.25, 0.3) is 11.1 Å². The molecule has 1 unspecified atom stereocenters. The van der Waals surface area contributed by atoms with Crippen LogP contribution in [0.15, 0.2) is 43.1 Å². The Hall–Kier alpha value is -2.47. The van der Waals surface area contributed by atoms with Gasteiger partial charge in [-0.2, -0.15) is 10.2 Å². The molecule has 0 saturated carbocycles. The second-order valence-electron chi connectivity index (χ2n) is 6.97. The van der Waals surface area contributed by atoms with Crippen molar-refractivity contribution in [3.05, 3.63) is 54.4 Å². The Kier molecular flexibility index (Phi) is 4.36. The number of hydrogen-bond donors (Lipinski definition) is 0. The van der Waals surface area contributed by atoms with E-state index in [2.05, 4.69) is 33.4 Å². The number of aryl methyl sites for hydroxylation is 2. The molecule has 4 rings (SSSR count). The van der Waals surface area contributed by atoms with Crippen LogP contribution in [0.4, 0.5) is 0 Å². The maximum absolute atomic E-state index is 4.75. The van der Waals surface area contributed by atoms with Crippen molar-refractivity contribution in [2.24, 2.45) is 14.1 Å². The molecule has 0 spiro atoms. The number of hydrogen-bond acceptors (Lipinski definition) is 4. The average Bonchev–Trinajstić information content (AvgIpc) is 3.24. The Morgan fingerprint density at radius 3 is 2.52 bits per heavy atom. The molecule has 3 aromatic rings. The Balaban J connectivity index is 1.44. The van der Waals surface area contributed by atoms with Gasteiger partial charge in [0.15, 0.2) is 0 Å². The summed E-state index contributed by atoms with van der Waals surface area (Å²) in [6.07, 6.45) is 12.4. The third-order valence-corrected chi connectivity index (χ3v) is 4.91. The number of rotatable bonds is 4. The third-order valence-electron chi connectivity index (χ3n) is 4.91. The lowest BCUT2D eigenvalue weighted by molar-refractivity contribution is 0.198. The van der Waals surface area contributed by atoms with Crippen LogP contribution in [0.1, 0.15) is 30.0 Å². The molecule has 1 aliphatic heterocycles. The van der Waals surface area contributed by atoms with Gasteiger partial charge < -0.3 is 0 Å². The summed E-state index contributed by atoms with van der Waals surface area (Å²) < 4.78 is 3.69. The maximum atomic E-state index is 4.75. The number of likely N-dealkylation sites (tertiary alicyclic amines) is 1. The molecule has 0 amide bonds. The minimum atomic E-state index is 0.508. The highest BCUT2D eigenvalue weighted by atomic mass is 15.2. The molecule has 4 heterocycles. The van der Waals surface area contributed by atoms with Crippen molar-refractivity contribution in [2.75, 3.05) is 13.1 Å². The first kappa shape index (κ1) is 16.0. The predicted octanol–water partition coefficient (Wildman–Crippen LogP) is 2.60.